The summed E-state index contributed by atoms with van der Waals surface area (Å²) in [4.78, 5) is 20.3. The molecule has 2 aromatic heterocycles. The predicted molar refractivity (Wildman–Crippen MR) is 117 cm³/mol. The van der Waals surface area contributed by atoms with Crippen molar-refractivity contribution in [1.82, 2.24) is 14.3 Å². The van der Waals surface area contributed by atoms with Crippen LogP contribution in [0.25, 0.3) is 38.2 Å². The third-order valence-electron chi connectivity index (χ3n) is 5.37. The van der Waals surface area contributed by atoms with Crippen molar-refractivity contribution in [2.75, 3.05) is 32.5 Å². The van der Waals surface area contributed by atoms with Crippen LogP contribution in [0.2, 0.25) is 0 Å². The molecule has 0 radical (unpaired) electrons. The Hall–Kier alpha value is -3.18. The SMILES string of the molecule is CN(C)CCCNc1ccc2c3c1cccc3c(=O)n1c3ccccc3nc21. The molecule has 0 aliphatic heterocycles. The van der Waals surface area contributed by atoms with Gasteiger partial charge in [0.05, 0.1) is 11.0 Å². The molecular weight excluding hydrogens is 348 g/mol. The first-order valence-corrected chi connectivity index (χ1v) is 9.62. The molecule has 0 saturated heterocycles. The minimum atomic E-state index is -0.00782. The van der Waals surface area contributed by atoms with Gasteiger partial charge >= 0.3 is 0 Å². The number of nitrogens with one attached hydrogen (secondary N) is 1. The molecular formula is C23H22N4O. The molecule has 0 bridgehead atoms. The van der Waals surface area contributed by atoms with Crippen molar-refractivity contribution >= 4 is 43.9 Å². The molecule has 2 heterocycles. The lowest BCUT2D eigenvalue weighted by molar-refractivity contribution is 0.405. The second kappa shape index (κ2) is 6.46. The maximum absolute atomic E-state index is 13.3. The molecule has 0 saturated carbocycles. The van der Waals surface area contributed by atoms with Gasteiger partial charge in [-0.1, -0.05) is 24.3 Å². The van der Waals surface area contributed by atoms with E-state index in [-0.39, 0.29) is 5.56 Å². The molecule has 28 heavy (non-hydrogen) atoms. The quantitative estimate of drug-likeness (QED) is 0.476. The fourth-order valence-electron chi connectivity index (χ4n) is 4.08. The Kier molecular flexibility index (Phi) is 3.91. The van der Waals surface area contributed by atoms with Gasteiger partial charge in [-0.15, -0.1) is 0 Å². The highest BCUT2D eigenvalue weighted by molar-refractivity contribution is 6.18. The van der Waals surface area contributed by atoms with Crippen molar-refractivity contribution in [3.63, 3.8) is 0 Å². The van der Waals surface area contributed by atoms with Crippen molar-refractivity contribution < 1.29 is 0 Å². The standard InChI is InChI=1S/C23H22N4O/c1-26(2)14-6-13-24-18-12-11-16-21-15(18)7-5-8-17(21)23(28)27-20-10-4-3-9-19(20)25-22(16)27/h3-5,7-12,24H,6,13-14H2,1-2H3. The predicted octanol–water partition coefficient (Wildman–Crippen LogP) is 3.96. The maximum atomic E-state index is 13.3. The first kappa shape index (κ1) is 17.0. The summed E-state index contributed by atoms with van der Waals surface area (Å²) in [6.45, 7) is 1.93. The van der Waals surface area contributed by atoms with Gasteiger partial charge in [0.25, 0.3) is 5.56 Å². The molecule has 5 rings (SSSR count). The van der Waals surface area contributed by atoms with Gasteiger partial charge in [0.15, 0.2) is 0 Å². The van der Waals surface area contributed by atoms with Crippen LogP contribution >= 0.6 is 0 Å². The lowest BCUT2D eigenvalue weighted by Gasteiger charge is -2.14. The largest absolute Gasteiger partial charge is 0.384 e. The molecule has 0 atom stereocenters. The molecule has 0 amide bonds. The molecule has 140 valence electrons. The summed E-state index contributed by atoms with van der Waals surface area (Å²) >= 11 is 0. The fourth-order valence-corrected chi connectivity index (χ4v) is 4.08. The number of benzene rings is 3. The van der Waals surface area contributed by atoms with E-state index in [2.05, 4.69) is 42.5 Å². The fraction of sp³-hybridized carbons (Fsp3) is 0.217. The summed E-state index contributed by atoms with van der Waals surface area (Å²) in [5, 5.41) is 7.37. The van der Waals surface area contributed by atoms with Crippen LogP contribution in [0.1, 0.15) is 6.42 Å². The van der Waals surface area contributed by atoms with Gasteiger partial charge in [0.2, 0.25) is 0 Å². The van der Waals surface area contributed by atoms with Crippen molar-refractivity contribution in [3.8, 4) is 0 Å². The zero-order valence-electron chi connectivity index (χ0n) is 16.1. The lowest BCUT2D eigenvalue weighted by Crippen LogP contribution is -2.16. The number of hydrogen-bond acceptors (Lipinski definition) is 4. The normalized spacial score (nSPS) is 12.1. The third-order valence-corrected chi connectivity index (χ3v) is 5.37. The number of fused-ring (bicyclic) bond motifs is 4. The van der Waals surface area contributed by atoms with Gasteiger partial charge in [0, 0.05) is 33.8 Å². The van der Waals surface area contributed by atoms with E-state index >= 15 is 0 Å². The Bertz CT molecular complexity index is 1370. The summed E-state index contributed by atoms with van der Waals surface area (Å²) < 4.78 is 1.75. The molecule has 0 aliphatic carbocycles. The summed E-state index contributed by atoms with van der Waals surface area (Å²) in [6, 6.07) is 18.0. The molecule has 5 nitrogen and oxygen atoms in total. The molecule has 3 aromatic carbocycles. The second-order valence-electron chi connectivity index (χ2n) is 7.54. The van der Waals surface area contributed by atoms with Gasteiger partial charge < -0.3 is 10.2 Å². The van der Waals surface area contributed by atoms with Gasteiger partial charge in [-0.3, -0.25) is 9.20 Å². The summed E-state index contributed by atoms with van der Waals surface area (Å²) in [5.41, 5.74) is 3.49. The van der Waals surface area contributed by atoms with Crippen molar-refractivity contribution in [2.24, 2.45) is 0 Å². The Balaban J connectivity index is 1.75. The monoisotopic (exact) mass is 370 g/mol. The minimum absolute atomic E-state index is 0.00782. The zero-order valence-corrected chi connectivity index (χ0v) is 16.1. The van der Waals surface area contributed by atoms with E-state index in [4.69, 9.17) is 4.98 Å². The Morgan fingerprint density at radius 2 is 1.79 bits per heavy atom. The molecule has 1 N–H and O–H groups in total. The van der Waals surface area contributed by atoms with Crippen LogP contribution < -0.4 is 10.9 Å². The first-order chi connectivity index (χ1) is 13.6. The number of nitrogens with zero attached hydrogens (tertiary/aromatic N) is 3. The van der Waals surface area contributed by atoms with E-state index < -0.39 is 0 Å². The number of imidazole rings is 1. The lowest BCUT2D eigenvalue weighted by atomic mass is 10.0. The molecule has 5 heteroatoms. The van der Waals surface area contributed by atoms with Crippen LogP contribution in [0.4, 0.5) is 5.69 Å². The van der Waals surface area contributed by atoms with Gasteiger partial charge in [-0.05, 0) is 57.4 Å². The summed E-state index contributed by atoms with van der Waals surface area (Å²) in [5.74, 6) is 0. The van der Waals surface area contributed by atoms with E-state index in [0.29, 0.717) is 0 Å². The number of rotatable bonds is 5. The number of aromatic nitrogens is 2. The summed E-state index contributed by atoms with van der Waals surface area (Å²) in [6.07, 6.45) is 1.06. The average molecular weight is 370 g/mol. The van der Waals surface area contributed by atoms with Crippen LogP contribution in [0.15, 0.2) is 59.4 Å². The van der Waals surface area contributed by atoms with Gasteiger partial charge in [-0.25, -0.2) is 4.98 Å². The van der Waals surface area contributed by atoms with Gasteiger partial charge in [0.1, 0.15) is 5.65 Å². The minimum Gasteiger partial charge on any atom is -0.384 e. The second-order valence-corrected chi connectivity index (χ2v) is 7.54. The van der Waals surface area contributed by atoms with Crippen LogP contribution in [-0.2, 0) is 0 Å². The van der Waals surface area contributed by atoms with Crippen LogP contribution in [0.5, 0.6) is 0 Å². The molecule has 0 unspecified atom stereocenters. The molecule has 5 aromatic rings. The number of para-hydroxylation sites is 2. The van der Waals surface area contributed by atoms with E-state index in [0.717, 1.165) is 63.4 Å². The number of anilines is 1. The Morgan fingerprint density at radius 3 is 2.64 bits per heavy atom. The number of hydrogen-bond donors (Lipinski definition) is 1. The van der Waals surface area contributed by atoms with E-state index in [1.807, 2.05) is 36.4 Å². The number of pyridine rings is 1. The zero-order chi connectivity index (χ0) is 19.3. The molecule has 0 aliphatic rings. The van der Waals surface area contributed by atoms with Crippen LogP contribution in [-0.4, -0.2) is 41.5 Å². The van der Waals surface area contributed by atoms with E-state index in [1.54, 1.807) is 4.40 Å². The Morgan fingerprint density at radius 1 is 0.964 bits per heavy atom. The highest BCUT2D eigenvalue weighted by Gasteiger charge is 2.16. The topological polar surface area (TPSA) is 49.6 Å². The van der Waals surface area contributed by atoms with Crippen molar-refractivity contribution in [1.29, 1.82) is 0 Å². The summed E-state index contributed by atoms with van der Waals surface area (Å²) in [7, 11) is 4.17. The van der Waals surface area contributed by atoms with Crippen molar-refractivity contribution in [2.45, 2.75) is 6.42 Å². The molecule has 0 fully saturated rings. The third kappa shape index (κ3) is 2.51. The Labute approximate surface area is 162 Å². The maximum Gasteiger partial charge on any atom is 0.264 e. The molecule has 0 spiro atoms. The van der Waals surface area contributed by atoms with Crippen LogP contribution in [0.3, 0.4) is 0 Å². The van der Waals surface area contributed by atoms with Crippen molar-refractivity contribution in [3.05, 3.63) is 65.0 Å². The van der Waals surface area contributed by atoms with E-state index in [9.17, 15) is 4.79 Å². The van der Waals surface area contributed by atoms with Gasteiger partial charge in [-0.2, -0.15) is 0 Å². The average Bonchev–Trinajstić information content (AvgIpc) is 3.09. The highest BCUT2D eigenvalue weighted by atomic mass is 16.1. The van der Waals surface area contributed by atoms with Crippen LogP contribution in [0, 0.1) is 0 Å². The highest BCUT2D eigenvalue weighted by Crippen LogP contribution is 2.33. The van der Waals surface area contributed by atoms with E-state index in [1.165, 1.54) is 0 Å². The smallest absolute Gasteiger partial charge is 0.264 e. The first-order valence-electron chi connectivity index (χ1n) is 9.62.